The van der Waals surface area contributed by atoms with Crippen molar-refractivity contribution in [3.63, 3.8) is 0 Å². The number of nitrogens with one attached hydrogen (secondary N) is 1. The van der Waals surface area contributed by atoms with E-state index in [-0.39, 0.29) is 24.1 Å². The molecule has 2 aromatic heterocycles. The summed E-state index contributed by atoms with van der Waals surface area (Å²) in [5.74, 6) is -0.165. The Balaban J connectivity index is 1.83. The lowest BCUT2D eigenvalue weighted by atomic mass is 10.2. The molecule has 1 fully saturated rings. The molecule has 7 heteroatoms. The summed E-state index contributed by atoms with van der Waals surface area (Å²) in [6, 6.07) is 0.245. The molecule has 0 aliphatic heterocycles. The summed E-state index contributed by atoms with van der Waals surface area (Å²) in [6.45, 7) is 3.80. The molecule has 0 radical (unpaired) electrons. The number of aryl methyl sites for hydroxylation is 2. The molecular weight excluding hydrogens is 288 g/mol. The van der Waals surface area contributed by atoms with E-state index in [0.29, 0.717) is 10.2 Å². The number of carbonyl (C=O) groups is 1. The zero-order valence-electron chi connectivity index (χ0n) is 12.2. The summed E-state index contributed by atoms with van der Waals surface area (Å²) in [4.78, 5) is 26.1. The van der Waals surface area contributed by atoms with Gasteiger partial charge < -0.3 is 5.32 Å². The second-order valence-electron chi connectivity index (χ2n) is 5.56. The van der Waals surface area contributed by atoms with E-state index in [1.165, 1.54) is 11.3 Å². The number of fused-ring (bicyclic) bond motifs is 1. The lowest BCUT2D eigenvalue weighted by molar-refractivity contribution is -0.122. The van der Waals surface area contributed by atoms with Gasteiger partial charge in [-0.15, -0.1) is 16.4 Å². The minimum Gasteiger partial charge on any atom is -0.352 e. The Morgan fingerprint density at radius 2 is 2.10 bits per heavy atom. The summed E-state index contributed by atoms with van der Waals surface area (Å²) in [6.07, 6.45) is 4.36. The summed E-state index contributed by atoms with van der Waals surface area (Å²) in [5, 5.41) is 11.5. The van der Waals surface area contributed by atoms with Crippen molar-refractivity contribution in [1.82, 2.24) is 20.3 Å². The molecule has 0 atom stereocenters. The van der Waals surface area contributed by atoms with Crippen molar-refractivity contribution in [2.24, 2.45) is 0 Å². The highest BCUT2D eigenvalue weighted by atomic mass is 32.1. The van der Waals surface area contributed by atoms with Crippen molar-refractivity contribution in [1.29, 1.82) is 0 Å². The van der Waals surface area contributed by atoms with E-state index in [1.54, 1.807) is 0 Å². The van der Waals surface area contributed by atoms with Crippen LogP contribution in [0.25, 0.3) is 10.2 Å². The average Bonchev–Trinajstić information content (AvgIpc) is 3.03. The second-order valence-corrected chi connectivity index (χ2v) is 6.77. The van der Waals surface area contributed by atoms with Gasteiger partial charge in [-0.2, -0.15) is 0 Å². The van der Waals surface area contributed by atoms with Crippen LogP contribution >= 0.6 is 11.3 Å². The predicted octanol–water partition coefficient (Wildman–Crippen LogP) is 1.53. The molecule has 1 amide bonds. The lowest BCUT2D eigenvalue weighted by Gasteiger charge is -2.11. The number of amides is 1. The van der Waals surface area contributed by atoms with Crippen LogP contribution < -0.4 is 10.9 Å². The number of thiophene rings is 1. The highest BCUT2D eigenvalue weighted by molar-refractivity contribution is 7.18. The number of nitrogens with zero attached hydrogens (tertiary/aromatic N) is 3. The predicted molar refractivity (Wildman–Crippen MR) is 81.5 cm³/mol. The fraction of sp³-hybridized carbons (Fsp3) is 0.571. The Hall–Kier alpha value is -1.76. The topological polar surface area (TPSA) is 76.9 Å². The fourth-order valence-electron chi connectivity index (χ4n) is 2.78. The van der Waals surface area contributed by atoms with E-state index >= 15 is 0 Å². The number of aromatic nitrogens is 3. The molecule has 21 heavy (non-hydrogen) atoms. The van der Waals surface area contributed by atoms with Crippen molar-refractivity contribution in [3.05, 3.63) is 20.8 Å². The molecule has 0 aromatic carbocycles. The van der Waals surface area contributed by atoms with E-state index in [9.17, 15) is 9.59 Å². The van der Waals surface area contributed by atoms with Crippen molar-refractivity contribution in [2.75, 3.05) is 0 Å². The van der Waals surface area contributed by atoms with E-state index in [2.05, 4.69) is 15.6 Å². The third-order valence-electron chi connectivity index (χ3n) is 4.07. The van der Waals surface area contributed by atoms with Gasteiger partial charge in [0.2, 0.25) is 5.91 Å². The van der Waals surface area contributed by atoms with Gasteiger partial charge in [0.15, 0.2) is 4.83 Å². The van der Waals surface area contributed by atoms with E-state index in [1.807, 2.05) is 13.8 Å². The molecule has 1 saturated carbocycles. The van der Waals surface area contributed by atoms with Crippen LogP contribution in [0, 0.1) is 13.8 Å². The van der Waals surface area contributed by atoms with Crippen molar-refractivity contribution >= 4 is 27.5 Å². The smallest absolute Gasteiger partial charge is 0.279 e. The Kier molecular flexibility index (Phi) is 3.75. The molecule has 2 aromatic rings. The molecule has 1 aliphatic rings. The summed E-state index contributed by atoms with van der Waals surface area (Å²) in [5.41, 5.74) is 0.697. The SMILES string of the molecule is Cc1sc2nnn(CC(=O)NC3CCCC3)c(=O)c2c1C. The maximum atomic E-state index is 12.4. The molecule has 112 valence electrons. The van der Waals surface area contributed by atoms with Gasteiger partial charge in [-0.1, -0.05) is 18.1 Å². The zero-order valence-corrected chi connectivity index (χ0v) is 13.0. The van der Waals surface area contributed by atoms with Crippen LogP contribution in [-0.2, 0) is 11.3 Å². The first kappa shape index (κ1) is 14.2. The average molecular weight is 306 g/mol. The summed E-state index contributed by atoms with van der Waals surface area (Å²) >= 11 is 1.46. The van der Waals surface area contributed by atoms with Crippen LogP contribution in [0.1, 0.15) is 36.1 Å². The molecular formula is C14H18N4O2S. The van der Waals surface area contributed by atoms with Crippen LogP contribution in [0.4, 0.5) is 0 Å². The number of rotatable bonds is 3. The Bertz CT molecular complexity index is 743. The van der Waals surface area contributed by atoms with Gasteiger partial charge in [0.1, 0.15) is 6.54 Å². The first-order valence-electron chi connectivity index (χ1n) is 7.19. The first-order valence-corrected chi connectivity index (χ1v) is 8.01. The van der Waals surface area contributed by atoms with Crippen LogP contribution in [0.2, 0.25) is 0 Å². The van der Waals surface area contributed by atoms with Gasteiger partial charge in [0.05, 0.1) is 5.39 Å². The van der Waals surface area contributed by atoms with Gasteiger partial charge in [-0.25, -0.2) is 4.68 Å². The molecule has 0 unspecified atom stereocenters. The van der Waals surface area contributed by atoms with Gasteiger partial charge in [-0.05, 0) is 32.3 Å². The van der Waals surface area contributed by atoms with Crippen molar-refractivity contribution < 1.29 is 4.79 Å². The zero-order chi connectivity index (χ0) is 15.0. The van der Waals surface area contributed by atoms with Gasteiger partial charge in [-0.3, -0.25) is 9.59 Å². The Morgan fingerprint density at radius 1 is 1.38 bits per heavy atom. The maximum Gasteiger partial charge on any atom is 0.279 e. The van der Waals surface area contributed by atoms with E-state index in [4.69, 9.17) is 0 Å². The highest BCUT2D eigenvalue weighted by Gasteiger charge is 2.19. The minimum atomic E-state index is -0.233. The third kappa shape index (κ3) is 2.70. The number of hydrogen-bond donors (Lipinski definition) is 1. The normalized spacial score (nSPS) is 15.7. The molecule has 1 aliphatic carbocycles. The second kappa shape index (κ2) is 5.55. The molecule has 0 bridgehead atoms. The quantitative estimate of drug-likeness (QED) is 0.933. The van der Waals surface area contributed by atoms with Crippen LogP contribution in [0.15, 0.2) is 4.79 Å². The Labute approximate surface area is 126 Å². The standard InChI is InChI=1S/C14H18N4O2S/c1-8-9(2)21-13-12(8)14(20)18(17-16-13)7-11(19)15-10-5-3-4-6-10/h10H,3-7H2,1-2H3,(H,15,19). The number of carbonyl (C=O) groups excluding carboxylic acids is 1. The van der Waals surface area contributed by atoms with Crippen molar-refractivity contribution in [3.8, 4) is 0 Å². The fourth-order valence-corrected chi connectivity index (χ4v) is 3.74. The molecule has 0 spiro atoms. The van der Waals surface area contributed by atoms with Crippen LogP contribution in [0.3, 0.4) is 0 Å². The minimum absolute atomic E-state index is 0.0629. The summed E-state index contributed by atoms with van der Waals surface area (Å²) < 4.78 is 1.16. The van der Waals surface area contributed by atoms with Gasteiger partial charge >= 0.3 is 0 Å². The van der Waals surface area contributed by atoms with Gasteiger partial charge in [0, 0.05) is 10.9 Å². The first-order chi connectivity index (χ1) is 10.1. The molecule has 6 nitrogen and oxygen atoms in total. The Morgan fingerprint density at radius 3 is 2.81 bits per heavy atom. The largest absolute Gasteiger partial charge is 0.352 e. The van der Waals surface area contributed by atoms with E-state index in [0.717, 1.165) is 40.8 Å². The molecule has 1 N–H and O–H groups in total. The third-order valence-corrected chi connectivity index (χ3v) is 5.16. The molecule has 2 heterocycles. The summed E-state index contributed by atoms with van der Waals surface area (Å²) in [7, 11) is 0. The number of hydrogen-bond acceptors (Lipinski definition) is 5. The van der Waals surface area contributed by atoms with Crippen molar-refractivity contribution in [2.45, 2.75) is 52.1 Å². The monoisotopic (exact) mass is 306 g/mol. The van der Waals surface area contributed by atoms with Gasteiger partial charge in [0.25, 0.3) is 5.56 Å². The highest BCUT2D eigenvalue weighted by Crippen LogP contribution is 2.24. The lowest BCUT2D eigenvalue weighted by Crippen LogP contribution is -2.38. The molecule has 3 rings (SSSR count). The molecule has 0 saturated heterocycles. The van der Waals surface area contributed by atoms with E-state index < -0.39 is 0 Å². The van der Waals surface area contributed by atoms with Crippen LogP contribution in [0.5, 0.6) is 0 Å². The van der Waals surface area contributed by atoms with Crippen LogP contribution in [-0.4, -0.2) is 26.9 Å². The maximum absolute atomic E-state index is 12.4.